The summed E-state index contributed by atoms with van der Waals surface area (Å²) < 4.78 is 0. The van der Waals surface area contributed by atoms with Crippen molar-refractivity contribution >= 4 is 16.5 Å². The smallest absolute Gasteiger partial charge is 0.186 e. The third-order valence-corrected chi connectivity index (χ3v) is 6.64. The number of anilines is 1. The molecular formula is C16H25N3S. The van der Waals surface area contributed by atoms with E-state index in [4.69, 9.17) is 10.7 Å². The van der Waals surface area contributed by atoms with Gasteiger partial charge in [-0.05, 0) is 50.9 Å². The standard InChI is InChI=1S/C16H25N3S/c17-12-7-3-9-14-15(12)18-16(20-14)19-10-4-8-13(19)11-5-1-2-6-11/h11-13H,1-10,17H2. The third kappa shape index (κ3) is 2.17. The van der Waals surface area contributed by atoms with Crippen LogP contribution < -0.4 is 10.6 Å². The van der Waals surface area contributed by atoms with Gasteiger partial charge in [-0.2, -0.15) is 0 Å². The number of nitrogens with zero attached hydrogens (tertiary/aromatic N) is 2. The number of aryl methyl sites for hydroxylation is 1. The molecule has 4 heteroatoms. The first kappa shape index (κ1) is 13.1. The van der Waals surface area contributed by atoms with E-state index in [1.165, 1.54) is 73.6 Å². The molecule has 4 rings (SSSR count). The molecular weight excluding hydrogens is 266 g/mol. The third-order valence-electron chi connectivity index (χ3n) is 5.48. The first-order valence-electron chi connectivity index (χ1n) is 8.35. The molecule has 2 N–H and O–H groups in total. The molecule has 1 saturated carbocycles. The van der Waals surface area contributed by atoms with Crippen molar-refractivity contribution in [3.63, 3.8) is 0 Å². The van der Waals surface area contributed by atoms with Crippen LogP contribution in [0, 0.1) is 5.92 Å². The summed E-state index contributed by atoms with van der Waals surface area (Å²) >= 11 is 1.93. The van der Waals surface area contributed by atoms with Crippen molar-refractivity contribution < 1.29 is 0 Å². The lowest BCUT2D eigenvalue weighted by molar-refractivity contribution is 0.430. The summed E-state index contributed by atoms with van der Waals surface area (Å²) in [6.07, 6.45) is 12.0. The molecule has 1 aromatic heterocycles. The van der Waals surface area contributed by atoms with Gasteiger partial charge in [-0.15, -0.1) is 11.3 Å². The molecule has 1 aromatic rings. The van der Waals surface area contributed by atoms with Gasteiger partial charge in [-0.25, -0.2) is 4.98 Å². The van der Waals surface area contributed by atoms with Gasteiger partial charge in [0.05, 0.1) is 5.69 Å². The van der Waals surface area contributed by atoms with Gasteiger partial charge >= 0.3 is 0 Å². The molecule has 0 radical (unpaired) electrons. The molecule has 2 unspecified atom stereocenters. The van der Waals surface area contributed by atoms with Crippen LogP contribution in [0.1, 0.15) is 68.0 Å². The van der Waals surface area contributed by atoms with Crippen LogP contribution in [0.15, 0.2) is 0 Å². The molecule has 3 aliphatic rings. The molecule has 1 aliphatic heterocycles. The minimum atomic E-state index is 0.191. The fourth-order valence-corrected chi connectivity index (χ4v) is 5.68. The van der Waals surface area contributed by atoms with Crippen molar-refractivity contribution in [1.82, 2.24) is 4.98 Å². The van der Waals surface area contributed by atoms with Crippen molar-refractivity contribution in [2.45, 2.75) is 69.9 Å². The van der Waals surface area contributed by atoms with Gasteiger partial charge in [0.2, 0.25) is 0 Å². The number of aromatic nitrogens is 1. The summed E-state index contributed by atoms with van der Waals surface area (Å²) in [6.45, 7) is 1.21. The number of rotatable bonds is 2. The molecule has 2 fully saturated rings. The van der Waals surface area contributed by atoms with Gasteiger partial charge in [-0.1, -0.05) is 12.8 Å². The number of fused-ring (bicyclic) bond motifs is 1. The van der Waals surface area contributed by atoms with Gasteiger partial charge in [0.15, 0.2) is 5.13 Å². The Morgan fingerprint density at radius 3 is 2.70 bits per heavy atom. The number of hydrogen-bond acceptors (Lipinski definition) is 4. The van der Waals surface area contributed by atoms with E-state index in [0.717, 1.165) is 18.4 Å². The maximum Gasteiger partial charge on any atom is 0.186 e. The molecule has 3 nitrogen and oxygen atoms in total. The van der Waals surface area contributed by atoms with Crippen LogP contribution in [0.2, 0.25) is 0 Å². The largest absolute Gasteiger partial charge is 0.345 e. The summed E-state index contributed by atoms with van der Waals surface area (Å²) in [5.41, 5.74) is 7.46. The minimum absolute atomic E-state index is 0.191. The van der Waals surface area contributed by atoms with E-state index in [-0.39, 0.29) is 6.04 Å². The first-order valence-corrected chi connectivity index (χ1v) is 9.16. The second kappa shape index (κ2) is 5.30. The zero-order chi connectivity index (χ0) is 13.5. The van der Waals surface area contributed by atoms with Crippen LogP contribution in [-0.4, -0.2) is 17.6 Å². The maximum absolute atomic E-state index is 6.24. The zero-order valence-corrected chi connectivity index (χ0v) is 13.0. The first-order chi connectivity index (χ1) is 9.83. The molecule has 2 atom stereocenters. The summed E-state index contributed by atoms with van der Waals surface area (Å²) in [7, 11) is 0. The summed E-state index contributed by atoms with van der Waals surface area (Å²) in [5.74, 6) is 0.923. The number of nitrogens with two attached hydrogens (primary N) is 1. The fourth-order valence-electron chi connectivity index (χ4n) is 4.42. The van der Waals surface area contributed by atoms with E-state index in [1.54, 1.807) is 0 Å². The topological polar surface area (TPSA) is 42.1 Å². The van der Waals surface area contributed by atoms with Gasteiger partial charge < -0.3 is 10.6 Å². The Bertz CT molecular complexity index is 478. The van der Waals surface area contributed by atoms with Crippen LogP contribution in [0.4, 0.5) is 5.13 Å². The predicted octanol–water partition coefficient (Wildman–Crippen LogP) is 3.64. The van der Waals surface area contributed by atoms with Crippen LogP contribution in [0.3, 0.4) is 0 Å². The Labute approximate surface area is 125 Å². The van der Waals surface area contributed by atoms with Gasteiger partial charge in [-0.3, -0.25) is 0 Å². The zero-order valence-electron chi connectivity index (χ0n) is 12.2. The predicted molar refractivity (Wildman–Crippen MR) is 84.3 cm³/mol. The van der Waals surface area contributed by atoms with Crippen molar-refractivity contribution in [2.75, 3.05) is 11.4 Å². The average Bonchev–Trinajstić information content (AvgIpc) is 3.18. The fraction of sp³-hybridized carbons (Fsp3) is 0.812. The summed E-state index contributed by atoms with van der Waals surface area (Å²) in [5, 5.41) is 1.28. The van der Waals surface area contributed by atoms with Crippen molar-refractivity contribution in [1.29, 1.82) is 0 Å². The lowest BCUT2D eigenvalue weighted by Crippen LogP contribution is -2.34. The lowest BCUT2D eigenvalue weighted by atomic mass is 9.96. The van der Waals surface area contributed by atoms with Crippen LogP contribution in [0.25, 0.3) is 0 Å². The highest BCUT2D eigenvalue weighted by Crippen LogP contribution is 2.41. The van der Waals surface area contributed by atoms with E-state index in [9.17, 15) is 0 Å². The van der Waals surface area contributed by atoms with E-state index < -0.39 is 0 Å². The molecule has 20 heavy (non-hydrogen) atoms. The normalized spacial score (nSPS) is 30.9. The highest BCUT2D eigenvalue weighted by Gasteiger charge is 2.35. The SMILES string of the molecule is NC1CCCc2sc(N3CCCC3C3CCCC3)nc21. The maximum atomic E-state index is 6.24. The van der Waals surface area contributed by atoms with Crippen molar-refractivity contribution in [2.24, 2.45) is 11.7 Å². The Kier molecular flexibility index (Phi) is 3.47. The number of hydrogen-bond donors (Lipinski definition) is 1. The Morgan fingerprint density at radius 1 is 1.05 bits per heavy atom. The highest BCUT2D eigenvalue weighted by atomic mass is 32.1. The van der Waals surface area contributed by atoms with E-state index in [0.29, 0.717) is 0 Å². The van der Waals surface area contributed by atoms with Crippen molar-refractivity contribution in [3.8, 4) is 0 Å². The van der Waals surface area contributed by atoms with Crippen LogP contribution in [-0.2, 0) is 6.42 Å². The molecule has 2 heterocycles. The Balaban J connectivity index is 1.59. The second-order valence-electron chi connectivity index (χ2n) is 6.75. The van der Waals surface area contributed by atoms with Gasteiger partial charge in [0.1, 0.15) is 0 Å². The molecule has 2 aliphatic carbocycles. The molecule has 0 spiro atoms. The molecule has 0 amide bonds. The van der Waals surface area contributed by atoms with E-state index >= 15 is 0 Å². The molecule has 0 aromatic carbocycles. The van der Waals surface area contributed by atoms with Gasteiger partial charge in [0.25, 0.3) is 0 Å². The molecule has 0 bridgehead atoms. The minimum Gasteiger partial charge on any atom is -0.345 e. The monoisotopic (exact) mass is 291 g/mol. The molecule has 1 saturated heterocycles. The quantitative estimate of drug-likeness (QED) is 0.904. The summed E-state index contributed by atoms with van der Waals surface area (Å²) in [6, 6.07) is 0.956. The van der Waals surface area contributed by atoms with Crippen molar-refractivity contribution in [3.05, 3.63) is 10.6 Å². The second-order valence-corrected chi connectivity index (χ2v) is 7.81. The number of thiazole rings is 1. The van der Waals surface area contributed by atoms with E-state index in [2.05, 4.69) is 4.90 Å². The average molecular weight is 291 g/mol. The van der Waals surface area contributed by atoms with Crippen LogP contribution in [0.5, 0.6) is 0 Å². The highest BCUT2D eigenvalue weighted by molar-refractivity contribution is 7.15. The summed E-state index contributed by atoms with van der Waals surface area (Å²) in [4.78, 5) is 9.05. The van der Waals surface area contributed by atoms with Gasteiger partial charge in [0, 0.05) is 23.5 Å². The van der Waals surface area contributed by atoms with E-state index in [1.807, 2.05) is 11.3 Å². The van der Waals surface area contributed by atoms with Crippen LogP contribution >= 0.6 is 11.3 Å². The lowest BCUT2D eigenvalue weighted by Gasteiger charge is -2.29. The molecule has 110 valence electrons. The Hall–Kier alpha value is -0.610. The Morgan fingerprint density at radius 2 is 1.90 bits per heavy atom.